The van der Waals surface area contributed by atoms with Crippen molar-refractivity contribution in [1.82, 2.24) is 25.3 Å². The SMILES string of the molecule is CCOC(=O)CCC(NC(=O)c1ccc(NCc2cnc3nc(N)nc(N)c3n2)c(C)c1)C(=O)OCC. The van der Waals surface area contributed by atoms with Crippen molar-refractivity contribution in [2.45, 2.75) is 46.2 Å². The Balaban J connectivity index is 1.66. The maximum atomic E-state index is 12.9. The predicted octanol–water partition coefficient (Wildman–Crippen LogP) is 1.51. The first-order chi connectivity index (χ1) is 17.7. The van der Waals surface area contributed by atoms with Crippen LogP contribution in [0.15, 0.2) is 24.4 Å². The molecule has 196 valence electrons. The lowest BCUT2D eigenvalue weighted by Crippen LogP contribution is -2.42. The summed E-state index contributed by atoms with van der Waals surface area (Å²) < 4.78 is 9.94. The summed E-state index contributed by atoms with van der Waals surface area (Å²) >= 11 is 0. The van der Waals surface area contributed by atoms with Crippen LogP contribution >= 0.6 is 0 Å². The number of nitrogen functional groups attached to an aromatic ring is 2. The van der Waals surface area contributed by atoms with Gasteiger partial charge in [0.2, 0.25) is 5.95 Å². The predicted molar refractivity (Wildman–Crippen MR) is 136 cm³/mol. The summed E-state index contributed by atoms with van der Waals surface area (Å²) in [7, 11) is 0. The lowest BCUT2D eigenvalue weighted by molar-refractivity contribution is -0.146. The lowest BCUT2D eigenvalue weighted by atomic mass is 10.1. The number of hydrogen-bond acceptors (Lipinski definition) is 12. The van der Waals surface area contributed by atoms with Gasteiger partial charge in [0.1, 0.15) is 6.04 Å². The van der Waals surface area contributed by atoms with Crippen LogP contribution < -0.4 is 22.1 Å². The first-order valence-electron chi connectivity index (χ1n) is 11.7. The van der Waals surface area contributed by atoms with Crippen molar-refractivity contribution in [3.05, 3.63) is 41.2 Å². The molecule has 0 bridgehead atoms. The molecule has 2 aromatic heterocycles. The van der Waals surface area contributed by atoms with Gasteiger partial charge in [-0.3, -0.25) is 9.59 Å². The van der Waals surface area contributed by atoms with Gasteiger partial charge in [-0.2, -0.15) is 9.97 Å². The van der Waals surface area contributed by atoms with Crippen LogP contribution in [0.4, 0.5) is 17.5 Å². The number of anilines is 3. The number of amides is 1. The first-order valence-corrected chi connectivity index (χ1v) is 11.7. The molecule has 0 spiro atoms. The quantitative estimate of drug-likeness (QED) is 0.272. The Bertz CT molecular complexity index is 1300. The van der Waals surface area contributed by atoms with Gasteiger partial charge in [0.25, 0.3) is 5.91 Å². The number of aromatic nitrogens is 4. The van der Waals surface area contributed by atoms with E-state index in [1.165, 1.54) is 0 Å². The fourth-order valence-electron chi connectivity index (χ4n) is 3.49. The number of aryl methyl sites for hydroxylation is 1. The van der Waals surface area contributed by atoms with Crippen molar-refractivity contribution >= 4 is 46.5 Å². The Morgan fingerprint density at radius 3 is 2.51 bits per heavy atom. The fraction of sp³-hybridized carbons (Fsp3) is 0.375. The third kappa shape index (κ3) is 7.22. The summed E-state index contributed by atoms with van der Waals surface area (Å²) in [5.74, 6) is -1.36. The Morgan fingerprint density at radius 2 is 1.81 bits per heavy atom. The molecule has 0 aliphatic heterocycles. The van der Waals surface area contributed by atoms with Crippen molar-refractivity contribution in [2.75, 3.05) is 30.0 Å². The fourth-order valence-corrected chi connectivity index (χ4v) is 3.49. The molecule has 0 saturated carbocycles. The van der Waals surface area contributed by atoms with E-state index < -0.39 is 23.9 Å². The van der Waals surface area contributed by atoms with Gasteiger partial charge in [0.15, 0.2) is 17.0 Å². The average Bonchev–Trinajstić information content (AvgIpc) is 2.86. The summed E-state index contributed by atoms with van der Waals surface area (Å²) in [6.07, 6.45) is 1.60. The molecule has 3 rings (SSSR count). The minimum absolute atomic E-state index is 0.0255. The van der Waals surface area contributed by atoms with Gasteiger partial charge in [-0.1, -0.05) is 0 Å². The summed E-state index contributed by atoms with van der Waals surface area (Å²) in [6.45, 7) is 5.92. The van der Waals surface area contributed by atoms with Crippen molar-refractivity contribution in [3.63, 3.8) is 0 Å². The minimum atomic E-state index is -0.979. The number of hydrogen-bond donors (Lipinski definition) is 4. The second-order valence-electron chi connectivity index (χ2n) is 8.01. The third-order valence-electron chi connectivity index (χ3n) is 5.27. The van der Waals surface area contributed by atoms with Crippen LogP contribution in [0.3, 0.4) is 0 Å². The normalized spacial score (nSPS) is 11.5. The van der Waals surface area contributed by atoms with Crippen LogP contribution in [-0.4, -0.2) is 57.0 Å². The number of nitrogens with zero attached hydrogens (tertiary/aromatic N) is 4. The molecule has 1 atom stereocenters. The van der Waals surface area contributed by atoms with E-state index in [9.17, 15) is 14.4 Å². The number of ether oxygens (including phenoxy) is 2. The monoisotopic (exact) mass is 510 g/mol. The zero-order valence-corrected chi connectivity index (χ0v) is 20.9. The van der Waals surface area contributed by atoms with E-state index in [1.807, 2.05) is 6.92 Å². The number of esters is 2. The summed E-state index contributed by atoms with van der Waals surface area (Å²) in [5.41, 5.74) is 14.6. The molecule has 1 unspecified atom stereocenters. The number of nitrogens with one attached hydrogen (secondary N) is 2. The number of carbonyl (C=O) groups excluding carboxylic acids is 3. The summed E-state index contributed by atoms with van der Waals surface area (Å²) in [6, 6.07) is 4.08. The molecule has 0 saturated heterocycles. The van der Waals surface area contributed by atoms with Gasteiger partial charge < -0.3 is 31.6 Å². The van der Waals surface area contributed by atoms with Gasteiger partial charge in [-0.25, -0.2) is 14.8 Å². The molecule has 3 aromatic rings. The lowest BCUT2D eigenvalue weighted by Gasteiger charge is -2.17. The molecule has 0 radical (unpaired) electrons. The third-order valence-corrected chi connectivity index (χ3v) is 5.27. The zero-order chi connectivity index (χ0) is 26.9. The van der Waals surface area contributed by atoms with Crippen molar-refractivity contribution < 1.29 is 23.9 Å². The van der Waals surface area contributed by atoms with E-state index in [4.69, 9.17) is 20.9 Å². The Hall–Kier alpha value is -4.55. The van der Waals surface area contributed by atoms with E-state index in [0.29, 0.717) is 29.0 Å². The molecule has 1 aromatic carbocycles. The molecular weight excluding hydrogens is 480 g/mol. The van der Waals surface area contributed by atoms with Gasteiger partial charge in [-0.05, 0) is 51.0 Å². The minimum Gasteiger partial charge on any atom is -0.466 e. The van der Waals surface area contributed by atoms with Crippen LogP contribution in [0.1, 0.15) is 48.3 Å². The highest BCUT2D eigenvalue weighted by molar-refractivity contribution is 5.97. The van der Waals surface area contributed by atoms with Crippen LogP contribution in [0.25, 0.3) is 11.2 Å². The van der Waals surface area contributed by atoms with E-state index >= 15 is 0 Å². The highest BCUT2D eigenvalue weighted by Gasteiger charge is 2.24. The van der Waals surface area contributed by atoms with Crippen LogP contribution in [-0.2, 0) is 25.6 Å². The van der Waals surface area contributed by atoms with Crippen molar-refractivity contribution in [2.24, 2.45) is 0 Å². The molecule has 2 heterocycles. The molecule has 13 nitrogen and oxygen atoms in total. The van der Waals surface area contributed by atoms with Gasteiger partial charge in [0, 0.05) is 17.7 Å². The second kappa shape index (κ2) is 12.4. The summed E-state index contributed by atoms with van der Waals surface area (Å²) in [4.78, 5) is 53.5. The van der Waals surface area contributed by atoms with E-state index in [1.54, 1.807) is 38.2 Å². The maximum Gasteiger partial charge on any atom is 0.328 e. The molecular formula is C24H30N8O5. The number of benzene rings is 1. The molecule has 6 N–H and O–H groups in total. The smallest absolute Gasteiger partial charge is 0.328 e. The molecule has 13 heteroatoms. The topological polar surface area (TPSA) is 197 Å². The maximum absolute atomic E-state index is 12.9. The van der Waals surface area contributed by atoms with Gasteiger partial charge >= 0.3 is 11.9 Å². The van der Waals surface area contributed by atoms with Gasteiger partial charge in [0.05, 0.1) is 31.6 Å². The standard InChI is InChI=1S/C24H30N8O5/c1-4-36-18(33)9-8-17(23(35)37-5-2)30-22(34)14-6-7-16(13(3)10-14)27-11-15-12-28-21-19(29-15)20(25)31-24(26)32-21/h6-7,10,12,17,27H,4-5,8-9,11H2,1-3H3,(H,30,34)(H4,25,26,28,31,32). The number of rotatable bonds is 11. The van der Waals surface area contributed by atoms with Crippen LogP contribution in [0, 0.1) is 6.92 Å². The number of carbonyl (C=O) groups is 3. The number of fused-ring (bicyclic) bond motifs is 1. The first kappa shape index (κ1) is 27.0. The van der Waals surface area contributed by atoms with Crippen molar-refractivity contribution in [1.29, 1.82) is 0 Å². The molecule has 0 aliphatic carbocycles. The average molecular weight is 511 g/mol. The highest BCUT2D eigenvalue weighted by Crippen LogP contribution is 2.19. The largest absolute Gasteiger partial charge is 0.466 e. The zero-order valence-electron chi connectivity index (χ0n) is 20.9. The Morgan fingerprint density at radius 1 is 1.05 bits per heavy atom. The van der Waals surface area contributed by atoms with Crippen LogP contribution in [0.5, 0.6) is 0 Å². The Kier molecular flexibility index (Phi) is 9.08. The van der Waals surface area contributed by atoms with E-state index in [-0.39, 0.29) is 37.8 Å². The summed E-state index contributed by atoms with van der Waals surface area (Å²) in [5, 5.41) is 5.90. The second-order valence-corrected chi connectivity index (χ2v) is 8.01. The number of nitrogens with two attached hydrogens (primary N) is 2. The van der Waals surface area contributed by atoms with Crippen LogP contribution in [0.2, 0.25) is 0 Å². The van der Waals surface area contributed by atoms with E-state index in [0.717, 1.165) is 11.3 Å². The van der Waals surface area contributed by atoms with Crippen molar-refractivity contribution in [3.8, 4) is 0 Å². The van der Waals surface area contributed by atoms with Gasteiger partial charge in [-0.15, -0.1) is 0 Å². The molecule has 0 fully saturated rings. The molecule has 0 aliphatic rings. The Labute approximate surface area is 213 Å². The van der Waals surface area contributed by atoms with E-state index in [2.05, 4.69) is 30.6 Å². The molecule has 1 amide bonds. The highest BCUT2D eigenvalue weighted by atomic mass is 16.5. The molecule has 37 heavy (non-hydrogen) atoms.